The predicted molar refractivity (Wildman–Crippen MR) is 114 cm³/mol. The normalized spacial score (nSPS) is 11.8. The van der Waals surface area contributed by atoms with E-state index in [1.54, 1.807) is 18.2 Å². The van der Waals surface area contributed by atoms with E-state index in [0.717, 1.165) is 28.0 Å². The highest BCUT2D eigenvalue weighted by atomic mass is 35.5. The van der Waals surface area contributed by atoms with Crippen LogP contribution in [-0.2, 0) is 11.2 Å². The van der Waals surface area contributed by atoms with E-state index in [1.165, 1.54) is 19.1 Å². The van der Waals surface area contributed by atoms with Crippen molar-refractivity contribution in [2.24, 2.45) is 0 Å². The number of hydrogen-bond acceptors (Lipinski definition) is 4. The first kappa shape index (κ1) is 21.3. The molecule has 0 radical (unpaired) electrons. The third kappa shape index (κ3) is 4.44. The molecule has 0 aliphatic carbocycles. The lowest BCUT2D eigenvalue weighted by molar-refractivity contribution is -0.141. The number of carbonyl (C=O) groups is 2. The molecule has 1 unspecified atom stereocenters. The van der Waals surface area contributed by atoms with E-state index in [1.807, 2.05) is 19.1 Å². The number of halogens is 1. The van der Waals surface area contributed by atoms with Crippen molar-refractivity contribution in [2.75, 3.05) is 0 Å². The molecule has 0 amide bonds. The molecule has 0 aliphatic heterocycles. The molecule has 0 bridgehead atoms. The fraction of sp³-hybridized carbons (Fsp3) is 0.174. The topological polar surface area (TPSA) is 96.6 Å². The zero-order valence-electron chi connectivity index (χ0n) is 16.4. The molecule has 3 rings (SSSR count). The molecule has 0 saturated heterocycles. The molecule has 30 heavy (non-hydrogen) atoms. The fourth-order valence-electron chi connectivity index (χ4n) is 3.29. The van der Waals surface area contributed by atoms with Gasteiger partial charge in [0.25, 0.3) is 5.56 Å². The molecule has 154 valence electrons. The summed E-state index contributed by atoms with van der Waals surface area (Å²) in [6.45, 7) is 3.29. The second-order valence-corrected chi connectivity index (χ2v) is 7.54. The summed E-state index contributed by atoms with van der Waals surface area (Å²) in [6, 6.07) is 11.8. The Morgan fingerprint density at radius 1 is 1.07 bits per heavy atom. The summed E-state index contributed by atoms with van der Waals surface area (Å²) >= 11 is 6.03. The first-order valence-electron chi connectivity index (χ1n) is 9.21. The Labute approximate surface area is 178 Å². The Morgan fingerprint density at radius 2 is 1.73 bits per heavy atom. The maximum Gasteiger partial charge on any atom is 0.327 e. The number of Topliss-reactive ketones (excluding diaryl/α,β-unsaturated/α-hetero) is 1. The molecule has 0 spiro atoms. The van der Waals surface area contributed by atoms with Crippen molar-refractivity contribution < 1.29 is 19.8 Å². The van der Waals surface area contributed by atoms with E-state index in [9.17, 15) is 24.6 Å². The van der Waals surface area contributed by atoms with E-state index < -0.39 is 17.6 Å². The van der Waals surface area contributed by atoms with Crippen molar-refractivity contribution in [3.05, 3.63) is 86.8 Å². The predicted octanol–water partition coefficient (Wildman–Crippen LogP) is 4.25. The lowest BCUT2D eigenvalue weighted by Gasteiger charge is -2.18. The molecule has 0 aliphatic rings. The summed E-state index contributed by atoms with van der Waals surface area (Å²) in [5.41, 5.74) is 1.88. The van der Waals surface area contributed by atoms with Crippen molar-refractivity contribution >= 4 is 23.4 Å². The average Bonchev–Trinajstić information content (AvgIpc) is 2.68. The number of aryl methyl sites for hydroxylation is 1. The van der Waals surface area contributed by atoms with Gasteiger partial charge in [-0.3, -0.25) is 14.2 Å². The van der Waals surface area contributed by atoms with Crippen molar-refractivity contribution in [2.45, 2.75) is 26.3 Å². The number of carboxylic acids is 1. The summed E-state index contributed by atoms with van der Waals surface area (Å²) in [5, 5.41) is 20.6. The van der Waals surface area contributed by atoms with Crippen LogP contribution in [0.2, 0.25) is 5.02 Å². The first-order chi connectivity index (χ1) is 14.2. The molecule has 1 aromatic heterocycles. The zero-order valence-corrected chi connectivity index (χ0v) is 17.2. The second-order valence-electron chi connectivity index (χ2n) is 7.11. The first-order valence-corrected chi connectivity index (χ1v) is 9.59. The lowest BCUT2D eigenvalue weighted by atomic mass is 9.97. The molecule has 6 nitrogen and oxygen atoms in total. The minimum atomic E-state index is -1.20. The number of ketones is 1. The average molecular weight is 426 g/mol. The van der Waals surface area contributed by atoms with Crippen LogP contribution in [0.25, 0.3) is 11.1 Å². The highest BCUT2D eigenvalue weighted by Gasteiger charge is 2.23. The van der Waals surface area contributed by atoms with E-state index >= 15 is 0 Å². The fourth-order valence-corrected chi connectivity index (χ4v) is 3.47. The smallest absolute Gasteiger partial charge is 0.327 e. The van der Waals surface area contributed by atoms with Gasteiger partial charge in [0.15, 0.2) is 5.78 Å². The van der Waals surface area contributed by atoms with Gasteiger partial charge in [-0.25, -0.2) is 4.79 Å². The minimum Gasteiger partial charge on any atom is -0.506 e. The van der Waals surface area contributed by atoms with Crippen LogP contribution in [0.3, 0.4) is 0 Å². The standard InChI is InChI=1S/C23H20ClNO5/c1-13-3-5-15(6-4-13)9-20(23(29)30)25-12-21(27)19(11-22(25)28)18-10-16(24)7-8-17(18)14(2)26/h3-8,10-12,20,27H,9H2,1-2H3,(H,29,30). The van der Waals surface area contributed by atoms with Crippen LogP contribution in [0.4, 0.5) is 0 Å². The van der Waals surface area contributed by atoms with Crippen LogP contribution in [-0.4, -0.2) is 26.5 Å². The number of pyridine rings is 1. The van der Waals surface area contributed by atoms with Gasteiger partial charge in [0.05, 0.1) is 6.20 Å². The second kappa shape index (κ2) is 8.55. The van der Waals surface area contributed by atoms with Crippen LogP contribution in [0, 0.1) is 6.92 Å². The SMILES string of the molecule is CC(=O)c1ccc(Cl)cc1-c1cc(=O)n(C(Cc2ccc(C)cc2)C(=O)O)cc1O. The third-order valence-electron chi connectivity index (χ3n) is 4.88. The maximum absolute atomic E-state index is 12.8. The van der Waals surface area contributed by atoms with Crippen LogP contribution >= 0.6 is 11.6 Å². The number of aliphatic carboxylic acids is 1. The van der Waals surface area contributed by atoms with Gasteiger partial charge in [-0.05, 0) is 43.2 Å². The summed E-state index contributed by atoms with van der Waals surface area (Å²) in [7, 11) is 0. The number of aromatic nitrogens is 1. The maximum atomic E-state index is 12.8. The monoisotopic (exact) mass is 425 g/mol. The molecular formula is C23H20ClNO5. The number of benzene rings is 2. The van der Waals surface area contributed by atoms with Crippen molar-refractivity contribution in [3.8, 4) is 16.9 Å². The minimum absolute atomic E-state index is 0.0736. The van der Waals surface area contributed by atoms with Crippen LogP contribution < -0.4 is 5.56 Å². The van der Waals surface area contributed by atoms with E-state index in [0.29, 0.717) is 16.1 Å². The van der Waals surface area contributed by atoms with Gasteiger partial charge < -0.3 is 10.2 Å². The molecule has 2 N–H and O–H groups in total. The molecule has 3 aromatic rings. The third-order valence-corrected chi connectivity index (χ3v) is 5.12. The van der Waals surface area contributed by atoms with E-state index in [-0.39, 0.29) is 23.5 Å². The number of rotatable bonds is 6. The van der Waals surface area contributed by atoms with Crippen LogP contribution in [0.15, 0.2) is 59.5 Å². The lowest BCUT2D eigenvalue weighted by Crippen LogP contribution is -2.30. The van der Waals surface area contributed by atoms with Crippen LogP contribution in [0.1, 0.15) is 34.5 Å². The van der Waals surface area contributed by atoms with Gasteiger partial charge in [0.1, 0.15) is 11.8 Å². The number of aromatic hydroxyl groups is 1. The van der Waals surface area contributed by atoms with Gasteiger partial charge in [-0.1, -0.05) is 41.4 Å². The molecule has 2 aromatic carbocycles. The summed E-state index contributed by atoms with van der Waals surface area (Å²) < 4.78 is 0.985. The Kier molecular flexibility index (Phi) is 6.08. The molecular weight excluding hydrogens is 406 g/mol. The Balaban J connectivity index is 2.08. The molecule has 0 fully saturated rings. The molecule has 1 heterocycles. The van der Waals surface area contributed by atoms with E-state index in [2.05, 4.69) is 0 Å². The number of carbonyl (C=O) groups excluding carboxylic acids is 1. The zero-order chi connectivity index (χ0) is 22.0. The molecule has 1 atom stereocenters. The molecule has 7 heteroatoms. The molecule has 0 saturated carbocycles. The van der Waals surface area contributed by atoms with Gasteiger partial charge in [0.2, 0.25) is 0 Å². The van der Waals surface area contributed by atoms with E-state index in [4.69, 9.17) is 11.6 Å². The van der Waals surface area contributed by atoms with Crippen LogP contribution in [0.5, 0.6) is 5.75 Å². The quantitative estimate of drug-likeness (QED) is 0.575. The van der Waals surface area contributed by atoms with Gasteiger partial charge in [-0.2, -0.15) is 0 Å². The summed E-state index contributed by atoms with van der Waals surface area (Å²) in [4.78, 5) is 36.6. The number of carboxylic acid groups (broad SMARTS) is 1. The highest BCUT2D eigenvalue weighted by molar-refractivity contribution is 6.31. The largest absolute Gasteiger partial charge is 0.506 e. The Hall–Kier alpha value is -3.38. The van der Waals surface area contributed by atoms with Gasteiger partial charge in [0, 0.05) is 28.6 Å². The highest BCUT2D eigenvalue weighted by Crippen LogP contribution is 2.33. The Morgan fingerprint density at radius 3 is 2.33 bits per heavy atom. The van der Waals surface area contributed by atoms with Gasteiger partial charge in [-0.15, -0.1) is 0 Å². The summed E-state index contributed by atoms with van der Waals surface area (Å²) in [5.74, 6) is -1.78. The van der Waals surface area contributed by atoms with Crippen molar-refractivity contribution in [1.82, 2.24) is 4.57 Å². The Bertz CT molecular complexity index is 1180. The van der Waals surface area contributed by atoms with Gasteiger partial charge >= 0.3 is 5.97 Å². The number of nitrogens with zero attached hydrogens (tertiary/aromatic N) is 1. The van der Waals surface area contributed by atoms with Crippen molar-refractivity contribution in [3.63, 3.8) is 0 Å². The summed E-state index contributed by atoms with van der Waals surface area (Å²) in [6.07, 6.45) is 1.17. The number of hydrogen-bond donors (Lipinski definition) is 2. The van der Waals surface area contributed by atoms with Crippen molar-refractivity contribution in [1.29, 1.82) is 0 Å².